The zero-order valence-corrected chi connectivity index (χ0v) is 13.2. The predicted molar refractivity (Wildman–Crippen MR) is 96.2 cm³/mol. The molecule has 0 bridgehead atoms. The van der Waals surface area contributed by atoms with E-state index in [9.17, 15) is 15.6 Å². The summed E-state index contributed by atoms with van der Waals surface area (Å²) >= 11 is 0. The van der Waals surface area contributed by atoms with Gasteiger partial charge in [-0.05, 0) is 47.0 Å². The number of aromatic hydroxyl groups is 1. The second kappa shape index (κ2) is 5.67. The molecule has 0 aliphatic heterocycles. The standard InChI is InChI=1S/C22H12N2O/c23-12-20-18-9-7-17(25)8-10-19(18)21(13-24)22(20)16-6-2-4-14-3-1-5-15(14)11-16/h1-11,25H. The molecule has 0 aromatic heterocycles. The topological polar surface area (TPSA) is 67.8 Å². The third kappa shape index (κ3) is 2.27. The van der Waals surface area contributed by atoms with Crippen molar-refractivity contribution in [3.05, 3.63) is 77.9 Å². The van der Waals surface area contributed by atoms with E-state index in [0.717, 1.165) is 16.7 Å². The summed E-state index contributed by atoms with van der Waals surface area (Å²) < 4.78 is 0. The molecule has 0 heterocycles. The van der Waals surface area contributed by atoms with Crippen LogP contribution in [0.5, 0.6) is 5.75 Å². The van der Waals surface area contributed by atoms with Gasteiger partial charge >= 0.3 is 0 Å². The van der Waals surface area contributed by atoms with Crippen molar-refractivity contribution in [1.29, 1.82) is 10.5 Å². The molecule has 0 fully saturated rings. The Balaban J connectivity index is 2.11. The molecule has 4 rings (SSSR count). The van der Waals surface area contributed by atoms with Gasteiger partial charge in [0, 0.05) is 16.7 Å². The van der Waals surface area contributed by atoms with Crippen molar-refractivity contribution in [2.75, 3.05) is 0 Å². The fourth-order valence-electron chi connectivity index (χ4n) is 3.28. The van der Waals surface area contributed by atoms with E-state index < -0.39 is 0 Å². The van der Waals surface area contributed by atoms with Gasteiger partial charge < -0.3 is 5.11 Å². The number of rotatable bonds is 1. The van der Waals surface area contributed by atoms with E-state index in [1.807, 2.05) is 42.5 Å². The summed E-state index contributed by atoms with van der Waals surface area (Å²) in [5, 5.41) is 29.2. The lowest BCUT2D eigenvalue weighted by Gasteiger charge is -1.99. The number of hydrogen-bond donors (Lipinski definition) is 1. The van der Waals surface area contributed by atoms with Crippen LogP contribution in [0.25, 0.3) is 33.4 Å². The number of hydrogen-bond acceptors (Lipinski definition) is 3. The van der Waals surface area contributed by atoms with Crippen molar-refractivity contribution in [3.63, 3.8) is 0 Å². The molecule has 0 unspecified atom stereocenters. The molecule has 4 aliphatic rings. The zero-order chi connectivity index (χ0) is 17.4. The fourth-order valence-corrected chi connectivity index (χ4v) is 3.28. The summed E-state index contributed by atoms with van der Waals surface area (Å²) in [6.45, 7) is 0. The van der Waals surface area contributed by atoms with E-state index in [1.54, 1.807) is 12.1 Å². The van der Waals surface area contributed by atoms with E-state index >= 15 is 0 Å². The molecule has 0 saturated heterocycles. The van der Waals surface area contributed by atoms with Crippen LogP contribution in [0.1, 0.15) is 11.1 Å². The molecule has 0 atom stereocenters. The highest BCUT2D eigenvalue weighted by Gasteiger charge is 2.24. The SMILES string of the molecule is N#Cc1c2ccc(O)ccc-2c(C#N)c1-c1cccc2cccc-2c1. The molecule has 0 amide bonds. The van der Waals surface area contributed by atoms with Crippen LogP contribution in [0.2, 0.25) is 0 Å². The predicted octanol–water partition coefficient (Wildman–Crippen LogP) is 5.01. The third-order valence-corrected chi connectivity index (χ3v) is 4.43. The summed E-state index contributed by atoms with van der Waals surface area (Å²) in [6, 6.07) is 24.8. The van der Waals surface area contributed by atoms with Gasteiger partial charge in [0.25, 0.3) is 0 Å². The summed E-state index contributed by atoms with van der Waals surface area (Å²) in [5.41, 5.74) is 5.87. The van der Waals surface area contributed by atoms with Gasteiger partial charge in [-0.1, -0.05) is 36.4 Å². The molecule has 3 heteroatoms. The Labute approximate surface area is 145 Å². The number of nitriles is 2. The van der Waals surface area contributed by atoms with Crippen molar-refractivity contribution in [1.82, 2.24) is 0 Å². The van der Waals surface area contributed by atoms with Crippen molar-refractivity contribution in [3.8, 4) is 51.3 Å². The first kappa shape index (κ1) is 14.8. The highest BCUT2D eigenvalue weighted by atomic mass is 16.3. The molecule has 0 aromatic carbocycles. The lowest BCUT2D eigenvalue weighted by atomic mass is 10.0. The Morgan fingerprint density at radius 1 is 0.640 bits per heavy atom. The van der Waals surface area contributed by atoms with Gasteiger partial charge in [0.2, 0.25) is 0 Å². The van der Waals surface area contributed by atoms with Crippen LogP contribution in [0.4, 0.5) is 0 Å². The van der Waals surface area contributed by atoms with Crippen LogP contribution in [-0.2, 0) is 0 Å². The molecular weight excluding hydrogens is 308 g/mol. The second-order valence-electron chi connectivity index (χ2n) is 5.83. The van der Waals surface area contributed by atoms with Gasteiger partial charge in [-0.25, -0.2) is 0 Å². The van der Waals surface area contributed by atoms with E-state index in [2.05, 4.69) is 12.1 Å². The van der Waals surface area contributed by atoms with Gasteiger partial charge in [0.1, 0.15) is 17.9 Å². The molecule has 0 saturated carbocycles. The van der Waals surface area contributed by atoms with Crippen molar-refractivity contribution in [2.45, 2.75) is 0 Å². The van der Waals surface area contributed by atoms with Crippen LogP contribution in [-0.4, -0.2) is 5.11 Å². The normalized spacial score (nSPS) is 10.5. The molecule has 116 valence electrons. The monoisotopic (exact) mass is 320 g/mol. The highest BCUT2D eigenvalue weighted by molar-refractivity contribution is 5.95. The zero-order valence-electron chi connectivity index (χ0n) is 13.2. The van der Waals surface area contributed by atoms with Gasteiger partial charge in [-0.3, -0.25) is 0 Å². The first-order valence-electron chi connectivity index (χ1n) is 7.81. The third-order valence-electron chi connectivity index (χ3n) is 4.43. The largest absolute Gasteiger partial charge is 0.508 e. The maximum absolute atomic E-state index is 9.75. The summed E-state index contributed by atoms with van der Waals surface area (Å²) in [6.07, 6.45) is 0. The van der Waals surface area contributed by atoms with E-state index in [1.165, 1.54) is 12.1 Å². The molecule has 25 heavy (non-hydrogen) atoms. The Bertz CT molecular complexity index is 1080. The molecule has 4 aliphatic carbocycles. The van der Waals surface area contributed by atoms with Crippen LogP contribution in [0, 0.1) is 22.7 Å². The average molecular weight is 320 g/mol. The summed E-state index contributed by atoms with van der Waals surface area (Å²) in [7, 11) is 0. The molecule has 3 nitrogen and oxygen atoms in total. The molecule has 0 radical (unpaired) electrons. The summed E-state index contributed by atoms with van der Waals surface area (Å²) in [5.74, 6) is 0.0927. The Morgan fingerprint density at radius 2 is 1.16 bits per heavy atom. The minimum absolute atomic E-state index is 0.0927. The maximum Gasteiger partial charge on any atom is 0.115 e. The molecular formula is C22H12N2O. The lowest BCUT2D eigenvalue weighted by Crippen LogP contribution is -1.81. The van der Waals surface area contributed by atoms with E-state index in [0.29, 0.717) is 27.8 Å². The van der Waals surface area contributed by atoms with Crippen molar-refractivity contribution < 1.29 is 5.11 Å². The number of fused-ring (bicyclic) bond motifs is 2. The van der Waals surface area contributed by atoms with Crippen LogP contribution in [0.3, 0.4) is 0 Å². The quantitative estimate of drug-likeness (QED) is 0.536. The van der Waals surface area contributed by atoms with Gasteiger partial charge in [-0.2, -0.15) is 10.5 Å². The van der Waals surface area contributed by atoms with Crippen LogP contribution >= 0.6 is 0 Å². The van der Waals surface area contributed by atoms with Gasteiger partial charge in [0.05, 0.1) is 11.1 Å². The van der Waals surface area contributed by atoms with Crippen molar-refractivity contribution >= 4 is 0 Å². The molecule has 0 spiro atoms. The summed E-state index contributed by atoms with van der Waals surface area (Å²) in [4.78, 5) is 0. The number of nitrogens with zero attached hydrogens (tertiary/aromatic N) is 2. The minimum Gasteiger partial charge on any atom is -0.508 e. The fraction of sp³-hybridized carbons (Fsp3) is 0. The van der Waals surface area contributed by atoms with Gasteiger partial charge in [-0.15, -0.1) is 0 Å². The molecule has 1 N–H and O–H groups in total. The lowest BCUT2D eigenvalue weighted by molar-refractivity contribution is 0.476. The van der Waals surface area contributed by atoms with Crippen LogP contribution < -0.4 is 0 Å². The maximum atomic E-state index is 9.75. The van der Waals surface area contributed by atoms with Crippen LogP contribution in [0.15, 0.2) is 66.7 Å². The Morgan fingerprint density at radius 3 is 1.72 bits per heavy atom. The Kier molecular flexibility index (Phi) is 3.35. The first-order chi connectivity index (χ1) is 12.2. The average Bonchev–Trinajstić information content (AvgIpc) is 3.05. The van der Waals surface area contributed by atoms with E-state index in [4.69, 9.17) is 0 Å². The highest BCUT2D eigenvalue weighted by Crippen LogP contribution is 2.42. The van der Waals surface area contributed by atoms with Gasteiger partial charge in [0.15, 0.2) is 0 Å². The minimum atomic E-state index is 0.0927. The molecule has 0 aromatic rings. The Hall–Kier alpha value is -3.82. The first-order valence-corrected chi connectivity index (χ1v) is 7.81. The van der Waals surface area contributed by atoms with Crippen molar-refractivity contribution in [2.24, 2.45) is 0 Å². The smallest absolute Gasteiger partial charge is 0.115 e. The van der Waals surface area contributed by atoms with E-state index in [-0.39, 0.29) is 5.75 Å². The second-order valence-corrected chi connectivity index (χ2v) is 5.83.